The molecule has 0 rings (SSSR count). The van der Waals surface area contributed by atoms with Crippen molar-refractivity contribution in [3.63, 3.8) is 0 Å². The van der Waals surface area contributed by atoms with Gasteiger partial charge in [-0.25, -0.2) is 13.2 Å². The fourth-order valence-corrected chi connectivity index (χ4v) is 2.20. The maximum absolute atomic E-state index is 12.4. The number of hydrogen-bond donors (Lipinski definition) is 0. The Morgan fingerprint density at radius 2 is 1.33 bits per heavy atom. The summed E-state index contributed by atoms with van der Waals surface area (Å²) in [6.45, 7) is 0. The molecule has 0 heterocycles. The molecule has 0 aromatic heterocycles. The Bertz CT molecular complexity index is 157. The van der Waals surface area contributed by atoms with E-state index in [9.17, 15) is 22.0 Å². The first-order valence-electron chi connectivity index (χ1n) is 2.47. The van der Waals surface area contributed by atoms with Crippen LogP contribution in [0.4, 0.5) is 22.0 Å². The minimum Gasteiger partial charge on any atom is -0.240 e. The molecule has 9 heteroatoms. The highest BCUT2D eigenvalue weighted by Crippen LogP contribution is 2.39. The Balaban J connectivity index is 4.57. The Morgan fingerprint density at radius 1 is 1.00 bits per heavy atom. The van der Waals surface area contributed by atoms with Crippen LogP contribution in [-0.4, -0.2) is 24.1 Å². The highest BCUT2D eigenvalue weighted by atomic mass is 35.8. The third-order valence-corrected chi connectivity index (χ3v) is 3.60. The van der Waals surface area contributed by atoms with Crippen LogP contribution in [0.1, 0.15) is 0 Å². The Morgan fingerprint density at radius 3 is 1.42 bits per heavy atom. The lowest BCUT2D eigenvalue weighted by atomic mass is 10.4. The van der Waals surface area contributed by atoms with Crippen LogP contribution in [-0.2, 0) is 0 Å². The van der Waals surface area contributed by atoms with Gasteiger partial charge < -0.3 is 0 Å². The zero-order valence-electron chi connectivity index (χ0n) is 5.18. The smallest absolute Gasteiger partial charge is 0.240 e. The lowest BCUT2D eigenvalue weighted by molar-refractivity contribution is -0.151. The highest BCUT2D eigenvalue weighted by Gasteiger charge is 2.59. The summed E-state index contributed by atoms with van der Waals surface area (Å²) in [4.78, 5) is 0. The van der Waals surface area contributed by atoms with E-state index in [0.717, 1.165) is 0 Å². The second kappa shape index (κ2) is 3.85. The highest BCUT2D eigenvalue weighted by molar-refractivity contribution is 7.65. The van der Waals surface area contributed by atoms with Gasteiger partial charge in [0.05, 0.1) is 0 Å². The van der Waals surface area contributed by atoms with Crippen molar-refractivity contribution in [3.05, 3.63) is 0 Å². The van der Waals surface area contributed by atoms with E-state index in [4.69, 9.17) is 33.2 Å². The Hall–Kier alpha value is 0.737. The van der Waals surface area contributed by atoms with Crippen molar-refractivity contribution in [1.29, 1.82) is 0 Å². The second-order valence-corrected chi connectivity index (χ2v) is 10.6. The molecule has 0 aromatic rings. The van der Waals surface area contributed by atoms with E-state index in [1.807, 2.05) is 0 Å². The minimum absolute atomic E-state index is 3.39. The summed E-state index contributed by atoms with van der Waals surface area (Å²) in [6, 6.07) is -4.44. The van der Waals surface area contributed by atoms with Gasteiger partial charge in [-0.15, -0.1) is 33.2 Å². The first-order chi connectivity index (χ1) is 5.10. The fourth-order valence-electron chi connectivity index (χ4n) is 0.329. The molecule has 0 spiro atoms. The first kappa shape index (κ1) is 12.7. The van der Waals surface area contributed by atoms with Gasteiger partial charge in [0, 0.05) is 0 Å². The third-order valence-electron chi connectivity index (χ3n) is 0.916. The van der Waals surface area contributed by atoms with Crippen LogP contribution in [0.3, 0.4) is 0 Å². The van der Waals surface area contributed by atoms with Crippen molar-refractivity contribution in [1.82, 2.24) is 0 Å². The zero-order valence-corrected chi connectivity index (χ0v) is 8.45. The topological polar surface area (TPSA) is 0 Å². The van der Waals surface area contributed by atoms with Gasteiger partial charge in [-0.1, -0.05) is 0 Å². The van der Waals surface area contributed by atoms with Gasteiger partial charge in [0.15, 0.2) is 0 Å². The predicted molar refractivity (Wildman–Crippen MR) is 39.2 cm³/mol. The second-order valence-electron chi connectivity index (χ2n) is 1.88. The molecule has 0 nitrogen and oxygen atoms in total. The van der Waals surface area contributed by atoms with Gasteiger partial charge in [-0.05, 0) is 0 Å². The summed E-state index contributed by atoms with van der Waals surface area (Å²) in [5.74, 6) is -8.28. The summed E-state index contributed by atoms with van der Waals surface area (Å²) >= 11 is 14.4. The summed E-state index contributed by atoms with van der Waals surface area (Å²) in [6.07, 6.45) is -4.17. The number of alkyl halides is 5. The van der Waals surface area contributed by atoms with Gasteiger partial charge in [0.2, 0.25) is 5.79 Å². The summed E-state index contributed by atoms with van der Waals surface area (Å²) in [7, 11) is 0. The molecular formula is C3H2Cl3F5Si. The molecule has 0 radical (unpaired) electrons. The van der Waals surface area contributed by atoms with Crippen LogP contribution in [0.15, 0.2) is 0 Å². The Kier molecular flexibility index (Phi) is 4.09. The van der Waals surface area contributed by atoms with Gasteiger partial charge in [0.1, 0.15) is 0 Å². The molecule has 0 aliphatic rings. The van der Waals surface area contributed by atoms with Crippen molar-refractivity contribution in [2.45, 2.75) is 18.1 Å². The van der Waals surface area contributed by atoms with Crippen LogP contribution in [0.2, 0.25) is 0 Å². The predicted octanol–water partition coefficient (Wildman–Crippen LogP) is 3.42. The lowest BCUT2D eigenvalue weighted by Crippen LogP contribution is -2.47. The molecule has 0 saturated heterocycles. The van der Waals surface area contributed by atoms with Gasteiger partial charge in [-0.3, -0.25) is 0 Å². The van der Waals surface area contributed by atoms with Gasteiger partial charge in [0.25, 0.3) is 0 Å². The van der Waals surface area contributed by atoms with Crippen molar-refractivity contribution in [3.8, 4) is 0 Å². The molecule has 1 unspecified atom stereocenters. The van der Waals surface area contributed by atoms with E-state index in [0.29, 0.717) is 0 Å². The number of halogens is 8. The average Bonchev–Trinajstić information content (AvgIpc) is 1.83. The SMILES string of the molecule is FC(F)C(F)(F)C(F)[Si](Cl)(Cl)Cl. The molecule has 0 amide bonds. The van der Waals surface area contributed by atoms with Crippen molar-refractivity contribution < 1.29 is 22.0 Å². The summed E-state index contributed by atoms with van der Waals surface area (Å²) < 4.78 is 59.5. The maximum Gasteiger partial charge on any atom is 0.381 e. The van der Waals surface area contributed by atoms with E-state index < -0.39 is 24.1 Å². The van der Waals surface area contributed by atoms with E-state index in [2.05, 4.69) is 0 Å². The van der Waals surface area contributed by atoms with E-state index in [1.165, 1.54) is 0 Å². The largest absolute Gasteiger partial charge is 0.381 e. The normalized spacial score (nSPS) is 16.8. The van der Waals surface area contributed by atoms with Crippen LogP contribution in [0, 0.1) is 0 Å². The molecule has 12 heavy (non-hydrogen) atoms. The zero-order chi connectivity index (χ0) is 10.2. The maximum atomic E-state index is 12.4. The van der Waals surface area contributed by atoms with Crippen LogP contribution in [0.5, 0.6) is 0 Å². The van der Waals surface area contributed by atoms with E-state index in [-0.39, 0.29) is 0 Å². The standard InChI is InChI=1S/C3H2Cl3F5Si/c4-12(5,6)2(9)3(10,11)1(7)8/h1-2H. The van der Waals surface area contributed by atoms with E-state index in [1.54, 1.807) is 0 Å². The number of hydrogen-bond acceptors (Lipinski definition) is 0. The van der Waals surface area contributed by atoms with Crippen LogP contribution >= 0.6 is 33.2 Å². The molecular weight excluding hydrogens is 265 g/mol. The summed E-state index contributed by atoms with van der Waals surface area (Å²) in [5.41, 5.74) is 0. The van der Waals surface area contributed by atoms with E-state index >= 15 is 0 Å². The van der Waals surface area contributed by atoms with Crippen molar-refractivity contribution in [2.24, 2.45) is 0 Å². The van der Waals surface area contributed by atoms with Crippen LogP contribution < -0.4 is 0 Å². The lowest BCUT2D eigenvalue weighted by Gasteiger charge is -2.22. The quantitative estimate of drug-likeness (QED) is 0.417. The molecule has 0 bridgehead atoms. The molecule has 0 aromatic carbocycles. The van der Waals surface area contributed by atoms with Crippen LogP contribution in [0.25, 0.3) is 0 Å². The Labute approximate surface area is 79.7 Å². The fraction of sp³-hybridized carbons (Fsp3) is 1.00. The molecule has 74 valence electrons. The monoisotopic (exact) mass is 266 g/mol. The van der Waals surface area contributed by atoms with Gasteiger partial charge in [-0.2, -0.15) is 8.78 Å². The molecule has 0 saturated carbocycles. The van der Waals surface area contributed by atoms with Crippen molar-refractivity contribution >= 4 is 39.2 Å². The summed E-state index contributed by atoms with van der Waals surface area (Å²) in [5, 5.41) is 0. The van der Waals surface area contributed by atoms with Gasteiger partial charge >= 0.3 is 18.4 Å². The third kappa shape index (κ3) is 2.90. The molecule has 1 atom stereocenters. The molecule has 0 aliphatic carbocycles. The molecule has 0 N–H and O–H groups in total. The number of rotatable bonds is 3. The molecule has 0 fully saturated rings. The molecule has 0 aliphatic heterocycles. The van der Waals surface area contributed by atoms with Crippen molar-refractivity contribution in [2.75, 3.05) is 0 Å². The average molecular weight is 267 g/mol. The first-order valence-corrected chi connectivity index (χ1v) is 7.58. The minimum atomic E-state index is -4.89.